The van der Waals surface area contributed by atoms with E-state index < -0.39 is 4.87 Å². The van der Waals surface area contributed by atoms with Crippen LogP contribution >= 0.6 is 34.7 Å². The molecule has 1 unspecified atom stereocenters. The molecule has 0 saturated heterocycles. The number of hydrogen-bond donors (Lipinski definition) is 1. The van der Waals surface area contributed by atoms with Crippen molar-refractivity contribution in [1.29, 1.82) is 0 Å². The monoisotopic (exact) mass is 370 g/mol. The molecule has 1 aliphatic rings. The summed E-state index contributed by atoms with van der Waals surface area (Å²) in [5.41, 5.74) is 4.36. The molecule has 0 aliphatic carbocycles. The molecule has 0 spiro atoms. The third-order valence-corrected chi connectivity index (χ3v) is 6.41. The number of alkyl halides is 1. The summed E-state index contributed by atoms with van der Waals surface area (Å²) in [5, 5.41) is 8.86. The summed E-state index contributed by atoms with van der Waals surface area (Å²) in [6.45, 7) is 0. The number of allylic oxidation sites excluding steroid dienone is 1. The molecule has 1 N–H and O–H groups in total. The maximum absolute atomic E-state index is 6.05. The minimum atomic E-state index is -0.408. The highest BCUT2D eigenvalue weighted by Gasteiger charge is 2.40. The Morgan fingerprint density at radius 2 is 1.71 bits per heavy atom. The van der Waals surface area contributed by atoms with Crippen LogP contribution in [0.3, 0.4) is 0 Å². The second-order valence-corrected chi connectivity index (χ2v) is 7.68. The van der Waals surface area contributed by atoms with Gasteiger partial charge in [0.1, 0.15) is 5.01 Å². The highest BCUT2D eigenvalue weighted by atomic mass is 35.5. The van der Waals surface area contributed by atoms with E-state index in [-0.39, 0.29) is 0 Å². The van der Waals surface area contributed by atoms with E-state index in [4.69, 9.17) is 16.6 Å². The van der Waals surface area contributed by atoms with Crippen LogP contribution in [0.15, 0.2) is 77.1 Å². The van der Waals surface area contributed by atoms with Crippen molar-refractivity contribution >= 4 is 34.7 Å². The Kier molecular flexibility index (Phi) is 4.35. The van der Waals surface area contributed by atoms with Gasteiger partial charge in [-0.25, -0.2) is 4.98 Å². The van der Waals surface area contributed by atoms with Crippen LogP contribution < -0.4 is 5.32 Å². The van der Waals surface area contributed by atoms with Gasteiger partial charge in [-0.3, -0.25) is 0 Å². The Hall–Kier alpha value is -1.75. The van der Waals surface area contributed by atoms with Crippen molar-refractivity contribution < 1.29 is 0 Å². The number of nitrogens with zero attached hydrogens (tertiary/aromatic N) is 1. The fraction of sp³-hybridized carbons (Fsp3) is 0.105. The Bertz CT molecular complexity index is 861. The molecule has 2 aromatic carbocycles. The van der Waals surface area contributed by atoms with Gasteiger partial charge in [-0.2, -0.15) is 0 Å². The van der Waals surface area contributed by atoms with Gasteiger partial charge in [0.25, 0.3) is 0 Å². The molecule has 2 nitrogen and oxygen atoms in total. The predicted octanol–water partition coefficient (Wildman–Crippen LogP) is 5.43. The van der Waals surface area contributed by atoms with Crippen molar-refractivity contribution in [3.63, 3.8) is 0 Å². The van der Waals surface area contributed by atoms with Gasteiger partial charge in [0.05, 0.1) is 11.6 Å². The number of nitrogens with one attached hydrogen (secondary N) is 1. The Morgan fingerprint density at radius 3 is 2.38 bits per heavy atom. The van der Waals surface area contributed by atoms with Crippen molar-refractivity contribution in [2.75, 3.05) is 5.88 Å². The van der Waals surface area contributed by atoms with Crippen LogP contribution in [-0.4, -0.2) is 10.9 Å². The quantitative estimate of drug-likeness (QED) is 0.620. The maximum atomic E-state index is 6.05. The third kappa shape index (κ3) is 2.75. The molecule has 2 heterocycles. The number of hydrogen-bond acceptors (Lipinski definition) is 4. The number of thioether (sulfide) groups is 1. The van der Waals surface area contributed by atoms with Gasteiger partial charge in [0, 0.05) is 16.6 Å². The summed E-state index contributed by atoms with van der Waals surface area (Å²) in [6.07, 6.45) is 0. The van der Waals surface area contributed by atoms with E-state index >= 15 is 0 Å². The molecule has 1 aliphatic heterocycles. The van der Waals surface area contributed by atoms with Crippen LogP contribution in [0.25, 0.3) is 10.6 Å². The number of thiazole rings is 1. The van der Waals surface area contributed by atoms with Crippen molar-refractivity contribution in [2.45, 2.75) is 4.87 Å². The first-order valence-electron chi connectivity index (χ1n) is 7.60. The SMILES string of the molecule is ClCC1=CSC(c2ccccc2)(c2csc(-c3ccccc3)n2)N1. The lowest BCUT2D eigenvalue weighted by atomic mass is 10.0. The van der Waals surface area contributed by atoms with Crippen LogP contribution in [0.4, 0.5) is 0 Å². The smallest absolute Gasteiger partial charge is 0.157 e. The number of benzene rings is 2. The zero-order chi connectivity index (χ0) is 16.4. The highest BCUT2D eigenvalue weighted by molar-refractivity contribution is 8.03. The molecule has 0 fully saturated rings. The Labute approximate surface area is 154 Å². The fourth-order valence-electron chi connectivity index (χ4n) is 2.74. The maximum Gasteiger partial charge on any atom is 0.157 e. The number of rotatable bonds is 4. The zero-order valence-electron chi connectivity index (χ0n) is 12.8. The van der Waals surface area contributed by atoms with Gasteiger partial charge >= 0.3 is 0 Å². The molecule has 1 atom stereocenters. The van der Waals surface area contributed by atoms with Gasteiger partial charge in [-0.05, 0) is 11.0 Å². The molecule has 0 amide bonds. The number of aromatic nitrogens is 1. The first-order valence-corrected chi connectivity index (χ1v) is 9.89. The van der Waals surface area contributed by atoms with Crippen LogP contribution in [0.2, 0.25) is 0 Å². The Morgan fingerprint density at radius 1 is 1.00 bits per heavy atom. The third-order valence-electron chi connectivity index (χ3n) is 3.92. The second-order valence-electron chi connectivity index (χ2n) is 5.47. The summed E-state index contributed by atoms with van der Waals surface area (Å²) in [4.78, 5) is 4.53. The van der Waals surface area contributed by atoms with E-state index in [9.17, 15) is 0 Å². The van der Waals surface area contributed by atoms with Gasteiger partial charge in [0.15, 0.2) is 4.87 Å². The normalized spacial score (nSPS) is 19.8. The number of halogens is 1. The fourth-order valence-corrected chi connectivity index (χ4v) is 5.08. The minimum Gasteiger partial charge on any atom is -0.364 e. The molecule has 4 rings (SSSR count). The van der Waals surface area contributed by atoms with Crippen molar-refractivity contribution in [3.05, 3.63) is 88.4 Å². The van der Waals surface area contributed by atoms with Gasteiger partial charge < -0.3 is 5.32 Å². The van der Waals surface area contributed by atoms with Crippen LogP contribution in [0.5, 0.6) is 0 Å². The van der Waals surface area contributed by atoms with E-state index in [1.807, 2.05) is 24.3 Å². The average Bonchev–Trinajstić information content (AvgIpc) is 3.31. The van der Waals surface area contributed by atoms with E-state index in [0.29, 0.717) is 5.88 Å². The molecule has 0 saturated carbocycles. The Balaban J connectivity index is 1.77. The zero-order valence-corrected chi connectivity index (χ0v) is 15.2. The summed E-state index contributed by atoms with van der Waals surface area (Å²) < 4.78 is 0. The lowest BCUT2D eigenvalue weighted by molar-refractivity contribution is 0.633. The van der Waals surface area contributed by atoms with Gasteiger partial charge in [-0.15, -0.1) is 22.9 Å². The van der Waals surface area contributed by atoms with Gasteiger partial charge in [0.2, 0.25) is 0 Å². The van der Waals surface area contributed by atoms with Crippen molar-refractivity contribution in [3.8, 4) is 10.6 Å². The first-order chi connectivity index (χ1) is 11.8. The minimum absolute atomic E-state index is 0.408. The molecular weight excluding hydrogens is 356 g/mol. The van der Waals surface area contributed by atoms with Crippen LogP contribution in [0, 0.1) is 0 Å². The van der Waals surface area contributed by atoms with E-state index in [1.165, 1.54) is 5.56 Å². The highest BCUT2D eigenvalue weighted by Crippen LogP contribution is 2.46. The predicted molar refractivity (Wildman–Crippen MR) is 104 cm³/mol. The summed E-state index contributed by atoms with van der Waals surface area (Å²) in [7, 11) is 0. The summed E-state index contributed by atoms with van der Waals surface area (Å²) >= 11 is 9.44. The lowest BCUT2D eigenvalue weighted by Crippen LogP contribution is -2.37. The molecule has 1 aromatic heterocycles. The second kappa shape index (κ2) is 6.63. The standard InChI is InChI=1S/C19H15ClN2S2/c20-11-16-12-24-19(22-16,15-9-5-2-6-10-15)17-13-23-18(21-17)14-7-3-1-4-8-14/h1-10,12-13,22H,11H2. The molecular formula is C19H15ClN2S2. The van der Waals surface area contributed by atoms with Gasteiger partial charge in [-0.1, -0.05) is 72.4 Å². The molecule has 120 valence electrons. The largest absolute Gasteiger partial charge is 0.364 e. The summed E-state index contributed by atoms with van der Waals surface area (Å²) in [5.74, 6) is 0.470. The lowest BCUT2D eigenvalue weighted by Gasteiger charge is -2.29. The van der Waals surface area contributed by atoms with Crippen molar-refractivity contribution in [1.82, 2.24) is 10.3 Å². The average molecular weight is 371 g/mol. The first kappa shape index (κ1) is 15.8. The summed E-state index contributed by atoms with van der Waals surface area (Å²) in [6, 6.07) is 20.7. The molecule has 0 radical (unpaired) electrons. The van der Waals surface area contributed by atoms with Crippen molar-refractivity contribution in [2.24, 2.45) is 0 Å². The topological polar surface area (TPSA) is 24.9 Å². The molecule has 5 heteroatoms. The van der Waals surface area contributed by atoms with E-state index in [1.54, 1.807) is 23.1 Å². The molecule has 24 heavy (non-hydrogen) atoms. The molecule has 0 bridgehead atoms. The van der Waals surface area contributed by atoms with Crippen LogP contribution in [0.1, 0.15) is 11.3 Å². The van der Waals surface area contributed by atoms with E-state index in [0.717, 1.165) is 22.0 Å². The van der Waals surface area contributed by atoms with Crippen LogP contribution in [-0.2, 0) is 4.87 Å². The molecule has 3 aromatic rings. The van der Waals surface area contributed by atoms with E-state index in [2.05, 4.69) is 52.5 Å².